The number of esters is 1. The van der Waals surface area contributed by atoms with Crippen molar-refractivity contribution < 1.29 is 23.9 Å². The average molecular weight is 530 g/mol. The number of allylic oxidation sites excluding steroid dienone is 2. The quantitative estimate of drug-likeness (QED) is 0.356. The Kier molecular flexibility index (Phi) is 5.58. The first-order valence-electron chi connectivity index (χ1n) is 10.4. The highest BCUT2D eigenvalue weighted by molar-refractivity contribution is 9.10. The van der Waals surface area contributed by atoms with Gasteiger partial charge in [-0.2, -0.15) is 0 Å². The summed E-state index contributed by atoms with van der Waals surface area (Å²) in [4.78, 5) is 51.8. The van der Waals surface area contributed by atoms with E-state index in [0.717, 1.165) is 6.42 Å². The number of carbonyl (C=O) groups excluding carboxylic acids is 4. The second-order valence-corrected chi connectivity index (χ2v) is 9.58. The van der Waals surface area contributed by atoms with Crippen molar-refractivity contribution in [2.24, 2.45) is 23.7 Å². The molecule has 0 aromatic heterocycles. The molecule has 2 aromatic carbocycles. The summed E-state index contributed by atoms with van der Waals surface area (Å²) in [5.41, 5.74) is 0.944. The summed E-state index contributed by atoms with van der Waals surface area (Å²) in [6, 6.07) is 11.1. The Morgan fingerprint density at radius 3 is 2.42 bits per heavy atom. The summed E-state index contributed by atoms with van der Waals surface area (Å²) in [6.45, 7) is -0.502. The molecule has 1 saturated heterocycles. The van der Waals surface area contributed by atoms with Crippen LogP contribution in [0.15, 0.2) is 59.1 Å². The van der Waals surface area contributed by atoms with Crippen LogP contribution in [0.25, 0.3) is 0 Å². The minimum atomic E-state index is -0.734. The molecule has 0 spiro atoms. The highest BCUT2D eigenvalue weighted by Crippen LogP contribution is 2.53. The lowest BCUT2D eigenvalue weighted by molar-refractivity contribution is -0.123. The van der Waals surface area contributed by atoms with E-state index in [2.05, 4.69) is 21.2 Å². The van der Waals surface area contributed by atoms with E-state index in [1.165, 1.54) is 17.0 Å². The predicted molar refractivity (Wildman–Crippen MR) is 125 cm³/mol. The third kappa shape index (κ3) is 3.87. The van der Waals surface area contributed by atoms with Crippen molar-refractivity contribution in [3.8, 4) is 0 Å². The number of rotatable bonds is 5. The van der Waals surface area contributed by atoms with Crippen LogP contribution in [0, 0.1) is 23.7 Å². The number of benzene rings is 2. The summed E-state index contributed by atoms with van der Waals surface area (Å²) < 4.78 is 5.81. The maximum absolute atomic E-state index is 13.0. The first-order valence-corrected chi connectivity index (χ1v) is 11.6. The highest BCUT2D eigenvalue weighted by Gasteiger charge is 2.59. The van der Waals surface area contributed by atoms with E-state index in [1.807, 2.05) is 12.2 Å². The van der Waals surface area contributed by atoms with Crippen molar-refractivity contribution in [2.75, 3.05) is 16.8 Å². The fraction of sp³-hybridized carbons (Fsp3) is 0.250. The van der Waals surface area contributed by atoms with Gasteiger partial charge in [0.15, 0.2) is 6.61 Å². The van der Waals surface area contributed by atoms with E-state index < -0.39 is 18.5 Å². The molecule has 0 radical (unpaired) electrons. The minimum absolute atomic E-state index is 0.105. The van der Waals surface area contributed by atoms with Crippen LogP contribution in [-0.2, 0) is 19.1 Å². The van der Waals surface area contributed by atoms with Crippen LogP contribution in [0.2, 0.25) is 5.02 Å². The van der Waals surface area contributed by atoms with E-state index in [0.29, 0.717) is 20.9 Å². The number of carbonyl (C=O) groups is 4. The number of amides is 3. The topological polar surface area (TPSA) is 92.8 Å². The Morgan fingerprint density at radius 2 is 1.76 bits per heavy atom. The fourth-order valence-electron chi connectivity index (χ4n) is 4.91. The van der Waals surface area contributed by atoms with E-state index in [9.17, 15) is 19.2 Å². The van der Waals surface area contributed by atoms with Crippen molar-refractivity contribution >= 4 is 62.6 Å². The second kappa shape index (κ2) is 8.43. The molecule has 168 valence electrons. The zero-order valence-electron chi connectivity index (χ0n) is 17.2. The molecule has 7 nitrogen and oxygen atoms in total. The molecular weight excluding hydrogens is 512 g/mol. The van der Waals surface area contributed by atoms with Crippen molar-refractivity contribution in [1.29, 1.82) is 0 Å². The lowest BCUT2D eigenvalue weighted by Gasteiger charge is -2.18. The molecule has 3 aliphatic rings. The van der Waals surface area contributed by atoms with Gasteiger partial charge in [0.05, 0.1) is 28.1 Å². The van der Waals surface area contributed by atoms with E-state index >= 15 is 0 Å². The van der Waals surface area contributed by atoms with Crippen LogP contribution >= 0.6 is 27.5 Å². The van der Waals surface area contributed by atoms with Gasteiger partial charge in [-0.05, 0) is 70.6 Å². The van der Waals surface area contributed by atoms with Gasteiger partial charge in [-0.15, -0.1) is 0 Å². The largest absolute Gasteiger partial charge is 0.452 e. The van der Waals surface area contributed by atoms with Gasteiger partial charge in [0, 0.05) is 10.2 Å². The molecule has 2 fully saturated rings. The highest BCUT2D eigenvalue weighted by atomic mass is 79.9. The molecule has 4 atom stereocenters. The van der Waals surface area contributed by atoms with Crippen molar-refractivity contribution in [3.05, 3.63) is 69.7 Å². The number of hydrogen-bond donors (Lipinski definition) is 1. The predicted octanol–water partition coefficient (Wildman–Crippen LogP) is 4.21. The van der Waals surface area contributed by atoms with Crippen molar-refractivity contribution in [3.63, 3.8) is 0 Å². The number of imide groups is 1. The number of nitrogens with zero attached hydrogens (tertiary/aromatic N) is 1. The molecule has 9 heteroatoms. The number of nitrogens with one attached hydrogen (secondary N) is 1. The molecule has 1 aliphatic heterocycles. The van der Waals surface area contributed by atoms with Crippen molar-refractivity contribution in [1.82, 2.24) is 0 Å². The summed E-state index contributed by atoms with van der Waals surface area (Å²) >= 11 is 9.27. The maximum atomic E-state index is 13.0. The summed E-state index contributed by atoms with van der Waals surface area (Å²) in [7, 11) is 0. The molecule has 2 aliphatic carbocycles. The number of fused-ring (bicyclic) bond motifs is 5. The SMILES string of the molecule is O=C(COC(=O)c1cccc(N2C(=O)[C@@H]3[C@H](C2=O)[C@H]2C=C[C@H]3C2)c1)Nc1ccc(Br)c(Cl)c1. The summed E-state index contributed by atoms with van der Waals surface area (Å²) in [5.74, 6) is -2.14. The average Bonchev–Trinajstić information content (AvgIpc) is 3.48. The Balaban J connectivity index is 1.24. The lowest BCUT2D eigenvalue weighted by atomic mass is 9.85. The lowest BCUT2D eigenvalue weighted by Crippen LogP contribution is -2.33. The Bertz CT molecular complexity index is 1200. The van der Waals surface area contributed by atoms with Gasteiger partial charge in [-0.3, -0.25) is 14.4 Å². The zero-order chi connectivity index (χ0) is 23.3. The van der Waals surface area contributed by atoms with Gasteiger partial charge < -0.3 is 10.1 Å². The Hall–Kier alpha value is -2.97. The van der Waals surface area contributed by atoms with E-state index in [1.54, 1.807) is 30.3 Å². The van der Waals surface area contributed by atoms with Gasteiger partial charge in [-0.25, -0.2) is 9.69 Å². The number of hydrogen-bond acceptors (Lipinski definition) is 5. The molecular formula is C24H18BrClN2O5. The molecule has 1 heterocycles. The fourth-order valence-corrected chi connectivity index (χ4v) is 5.34. The summed E-state index contributed by atoms with van der Waals surface area (Å²) in [6.07, 6.45) is 4.91. The normalized spacial score (nSPS) is 24.8. The zero-order valence-corrected chi connectivity index (χ0v) is 19.5. The maximum Gasteiger partial charge on any atom is 0.338 e. The molecule has 2 bridgehead atoms. The first kappa shape index (κ1) is 21.9. The number of halogens is 2. The van der Waals surface area contributed by atoms with Gasteiger partial charge in [0.25, 0.3) is 5.91 Å². The van der Waals surface area contributed by atoms with Crippen molar-refractivity contribution in [2.45, 2.75) is 6.42 Å². The van der Waals surface area contributed by atoms with Crippen LogP contribution in [0.5, 0.6) is 0 Å². The molecule has 2 aromatic rings. The smallest absolute Gasteiger partial charge is 0.338 e. The molecule has 1 N–H and O–H groups in total. The van der Waals surface area contributed by atoms with Crippen LogP contribution in [0.4, 0.5) is 11.4 Å². The van der Waals surface area contributed by atoms with Gasteiger partial charge >= 0.3 is 5.97 Å². The summed E-state index contributed by atoms with van der Waals surface area (Å²) in [5, 5.41) is 3.03. The van der Waals surface area contributed by atoms with E-state index in [4.69, 9.17) is 16.3 Å². The molecule has 5 rings (SSSR count). The monoisotopic (exact) mass is 528 g/mol. The Labute approximate surface area is 202 Å². The molecule has 0 unspecified atom stereocenters. The molecule has 3 amide bonds. The number of ether oxygens (including phenoxy) is 1. The van der Waals surface area contributed by atoms with Crippen LogP contribution < -0.4 is 10.2 Å². The van der Waals surface area contributed by atoms with Crippen LogP contribution in [-0.4, -0.2) is 30.3 Å². The Morgan fingerprint density at radius 1 is 1.06 bits per heavy atom. The van der Waals surface area contributed by atoms with Gasteiger partial charge in [0.2, 0.25) is 11.8 Å². The molecule has 1 saturated carbocycles. The minimum Gasteiger partial charge on any atom is -0.452 e. The van der Waals surface area contributed by atoms with Gasteiger partial charge in [-0.1, -0.05) is 29.8 Å². The third-order valence-electron chi connectivity index (χ3n) is 6.35. The van der Waals surface area contributed by atoms with Crippen LogP contribution in [0.1, 0.15) is 16.8 Å². The van der Waals surface area contributed by atoms with Gasteiger partial charge in [0.1, 0.15) is 0 Å². The van der Waals surface area contributed by atoms with E-state index in [-0.39, 0.29) is 41.0 Å². The second-order valence-electron chi connectivity index (χ2n) is 8.32. The standard InChI is InChI=1S/C24H18BrClN2O5/c25-17-7-6-15(10-18(17)26)27-19(29)11-33-24(32)14-2-1-3-16(9-14)28-22(30)20-12-4-5-13(8-12)21(20)23(28)31/h1-7,9-10,12-13,20-21H,8,11H2,(H,27,29)/t12-,13-,20-,21+/m0/s1. The number of anilines is 2. The molecule has 33 heavy (non-hydrogen) atoms. The van der Waals surface area contributed by atoms with Crippen LogP contribution in [0.3, 0.4) is 0 Å². The first-order chi connectivity index (χ1) is 15.8. The third-order valence-corrected chi connectivity index (χ3v) is 7.58.